The summed E-state index contributed by atoms with van der Waals surface area (Å²) in [6, 6.07) is 21.1. The van der Waals surface area contributed by atoms with E-state index in [1.165, 1.54) is 62.3 Å². The van der Waals surface area contributed by atoms with Gasteiger partial charge in [-0.25, -0.2) is 4.79 Å². The van der Waals surface area contributed by atoms with Crippen LogP contribution in [0.3, 0.4) is 0 Å². The summed E-state index contributed by atoms with van der Waals surface area (Å²) in [5.74, 6) is 3.98. The van der Waals surface area contributed by atoms with Crippen molar-refractivity contribution in [3.63, 3.8) is 0 Å². The Kier molecular flexibility index (Phi) is 5.86. The average Bonchev–Trinajstić information content (AvgIpc) is 3.91. The van der Waals surface area contributed by atoms with Crippen LogP contribution in [0.5, 0.6) is 17.2 Å². The fraction of sp³-hybridized carbons (Fsp3) is 0.558. The summed E-state index contributed by atoms with van der Waals surface area (Å²) in [6.45, 7) is 17.3. The van der Waals surface area contributed by atoms with E-state index in [1.807, 2.05) is 12.1 Å². The summed E-state index contributed by atoms with van der Waals surface area (Å²) in [5, 5.41) is 0. The molecule has 3 heterocycles. The summed E-state index contributed by atoms with van der Waals surface area (Å²) in [7, 11) is 1.40. The number of carbonyl (C=O) groups is 1. The lowest BCUT2D eigenvalue weighted by Gasteiger charge is -2.48. The number of methoxy groups -OCH3 is 1. The maximum absolute atomic E-state index is 11.9. The van der Waals surface area contributed by atoms with Crippen molar-refractivity contribution in [1.82, 2.24) is 0 Å². The van der Waals surface area contributed by atoms with Crippen LogP contribution < -0.4 is 14.2 Å². The molecule has 9 atom stereocenters. The Labute approximate surface area is 285 Å². The maximum Gasteiger partial charge on any atom is 0.337 e. The molecule has 0 saturated heterocycles. The van der Waals surface area contributed by atoms with Crippen LogP contribution in [0, 0.1) is 22.7 Å². The van der Waals surface area contributed by atoms with Gasteiger partial charge in [0.25, 0.3) is 0 Å². The average molecular weight is 647 g/mol. The maximum atomic E-state index is 11.9. The third-order valence-corrected chi connectivity index (χ3v) is 16.2. The normalized spacial score (nSPS) is 42.8. The van der Waals surface area contributed by atoms with E-state index >= 15 is 0 Å². The van der Waals surface area contributed by atoms with Gasteiger partial charge in [0.05, 0.1) is 18.1 Å². The molecule has 3 aromatic carbocycles. The Morgan fingerprint density at radius 3 is 1.94 bits per heavy atom. The first kappa shape index (κ1) is 30.6. The topological polar surface area (TPSA) is 54.0 Å². The third-order valence-electron chi connectivity index (χ3n) is 16.2. The van der Waals surface area contributed by atoms with Crippen LogP contribution in [-0.4, -0.2) is 30.9 Å². The monoisotopic (exact) mass is 646 g/mol. The quantitative estimate of drug-likeness (QED) is 0.260. The molecule has 252 valence electrons. The van der Waals surface area contributed by atoms with Crippen molar-refractivity contribution in [2.45, 2.75) is 114 Å². The Hall–Kier alpha value is -3.47. The molecule has 4 aliphatic carbocycles. The van der Waals surface area contributed by atoms with Crippen LogP contribution in [0.25, 0.3) is 0 Å². The van der Waals surface area contributed by atoms with Crippen molar-refractivity contribution >= 4 is 5.97 Å². The van der Waals surface area contributed by atoms with E-state index in [1.54, 1.807) is 6.07 Å². The molecule has 5 heteroatoms. The predicted molar refractivity (Wildman–Crippen MR) is 186 cm³/mol. The van der Waals surface area contributed by atoms with Gasteiger partial charge in [-0.1, -0.05) is 64.1 Å². The van der Waals surface area contributed by atoms with Crippen LogP contribution >= 0.6 is 0 Å². The highest BCUT2D eigenvalue weighted by Gasteiger charge is 2.75. The lowest BCUT2D eigenvalue weighted by Crippen LogP contribution is -2.54. The van der Waals surface area contributed by atoms with E-state index in [2.05, 4.69) is 90.9 Å². The minimum atomic E-state index is -0.341. The highest BCUT2D eigenvalue weighted by molar-refractivity contribution is 5.90. The van der Waals surface area contributed by atoms with Crippen LogP contribution in [0.1, 0.15) is 120 Å². The first-order valence-electron chi connectivity index (χ1n) is 18.2. The van der Waals surface area contributed by atoms with Gasteiger partial charge < -0.3 is 18.9 Å². The molecule has 0 spiro atoms. The van der Waals surface area contributed by atoms with E-state index in [0.29, 0.717) is 23.5 Å². The Morgan fingerprint density at radius 1 is 0.688 bits per heavy atom. The van der Waals surface area contributed by atoms with Gasteiger partial charge >= 0.3 is 5.97 Å². The standard InChI is InChI=1S/C27H30O4.C16H20O/c1-24-11-10-18(14-24)27(4)26(24,3)20-13-17(7-9-21(20)31-27)25(2)15-30-22-12-16(23(28)29-5)6-8-19(22)25;1-14-9-8-11(10-14)16(3)15(14,2)12-6-4-5-7-13(12)17-16/h6-9,12-13,18H,10-11,14-15H2,1-5H3;4-7,11H,8-10H2,1-3H3. The summed E-state index contributed by atoms with van der Waals surface area (Å²) in [4.78, 5) is 11.9. The van der Waals surface area contributed by atoms with Gasteiger partial charge in [0.1, 0.15) is 35.1 Å². The van der Waals surface area contributed by atoms with Gasteiger partial charge in [-0.2, -0.15) is 0 Å². The van der Waals surface area contributed by atoms with Gasteiger partial charge in [-0.3, -0.25) is 0 Å². The van der Waals surface area contributed by atoms with Crippen molar-refractivity contribution in [2.24, 2.45) is 22.7 Å². The van der Waals surface area contributed by atoms with E-state index in [4.69, 9.17) is 18.9 Å². The van der Waals surface area contributed by atoms with Crippen LogP contribution in [0.15, 0.2) is 60.7 Å². The largest absolute Gasteiger partial charge is 0.492 e. The van der Waals surface area contributed by atoms with Gasteiger partial charge in [0.15, 0.2) is 0 Å². The molecule has 0 N–H and O–H groups in total. The fourth-order valence-corrected chi connectivity index (χ4v) is 12.6. The zero-order valence-corrected chi connectivity index (χ0v) is 29.9. The van der Waals surface area contributed by atoms with Gasteiger partial charge in [-0.05, 0) is 112 Å². The molecule has 9 unspecified atom stereocenters. The number of hydrogen-bond donors (Lipinski definition) is 0. The lowest BCUT2D eigenvalue weighted by molar-refractivity contribution is -0.0261. The zero-order chi connectivity index (χ0) is 33.7. The van der Waals surface area contributed by atoms with E-state index in [-0.39, 0.29) is 38.8 Å². The number of esters is 1. The van der Waals surface area contributed by atoms with Crippen molar-refractivity contribution in [3.8, 4) is 17.2 Å². The highest BCUT2D eigenvalue weighted by Crippen LogP contribution is 2.75. The molecule has 48 heavy (non-hydrogen) atoms. The molecule has 4 fully saturated rings. The molecule has 0 radical (unpaired) electrons. The van der Waals surface area contributed by atoms with Gasteiger partial charge in [0, 0.05) is 27.5 Å². The number of carbonyl (C=O) groups excluding carboxylic acids is 1. The lowest BCUT2D eigenvalue weighted by atomic mass is 9.56. The molecule has 3 aromatic rings. The zero-order valence-electron chi connectivity index (χ0n) is 29.9. The molecular formula is C43H50O5. The number of rotatable bonds is 2. The van der Waals surface area contributed by atoms with Crippen molar-refractivity contribution in [1.29, 1.82) is 0 Å². The summed E-state index contributed by atoms with van der Waals surface area (Å²) in [6.07, 6.45) is 7.84. The molecule has 0 aromatic heterocycles. The van der Waals surface area contributed by atoms with Crippen LogP contribution in [-0.2, 0) is 21.0 Å². The third kappa shape index (κ3) is 3.28. The molecule has 4 bridgehead atoms. The summed E-state index contributed by atoms with van der Waals surface area (Å²) in [5.41, 5.74) is 6.26. The number of benzene rings is 3. The number of fused-ring (bicyclic) bond motifs is 15. The van der Waals surface area contributed by atoms with Crippen molar-refractivity contribution in [2.75, 3.05) is 13.7 Å². The van der Waals surface area contributed by atoms with Gasteiger partial charge in [0.2, 0.25) is 0 Å². The number of para-hydroxylation sites is 1. The van der Waals surface area contributed by atoms with Gasteiger partial charge in [-0.15, -0.1) is 0 Å². The Bertz CT molecular complexity index is 1900. The first-order chi connectivity index (χ1) is 22.7. The van der Waals surface area contributed by atoms with Crippen molar-refractivity contribution < 1.29 is 23.7 Å². The molecular weight excluding hydrogens is 596 g/mol. The predicted octanol–water partition coefficient (Wildman–Crippen LogP) is 9.32. The smallest absolute Gasteiger partial charge is 0.337 e. The van der Waals surface area contributed by atoms with E-state index in [9.17, 15) is 4.79 Å². The number of ether oxygens (including phenoxy) is 4. The summed E-state index contributed by atoms with van der Waals surface area (Å²) >= 11 is 0. The minimum Gasteiger partial charge on any atom is -0.492 e. The second-order valence-corrected chi connectivity index (χ2v) is 17.7. The fourth-order valence-electron chi connectivity index (χ4n) is 12.6. The van der Waals surface area contributed by atoms with E-state index in [0.717, 1.165) is 28.7 Å². The first-order valence-corrected chi connectivity index (χ1v) is 18.2. The minimum absolute atomic E-state index is 0.0155. The molecule has 3 aliphatic heterocycles. The SMILES string of the molecule is CC12CCC(C1)C1(C)Oc3ccccc3C21C.COC(=O)c1ccc2c(c1)OCC2(C)c1ccc2c(c1)C1(C)C3(C)CCC(C3)C1(C)O2. The molecule has 4 saturated carbocycles. The molecule has 10 rings (SSSR count). The molecule has 7 aliphatic rings. The van der Waals surface area contributed by atoms with E-state index < -0.39 is 0 Å². The number of hydrogen-bond acceptors (Lipinski definition) is 5. The van der Waals surface area contributed by atoms with Crippen molar-refractivity contribution in [3.05, 3.63) is 88.5 Å². The van der Waals surface area contributed by atoms with Crippen LogP contribution in [0.2, 0.25) is 0 Å². The summed E-state index contributed by atoms with van der Waals surface area (Å²) < 4.78 is 24.1. The second-order valence-electron chi connectivity index (χ2n) is 17.7. The molecule has 5 nitrogen and oxygen atoms in total. The second kappa shape index (κ2) is 9.20. The highest BCUT2D eigenvalue weighted by atomic mass is 16.5. The molecule has 0 amide bonds. The van der Waals surface area contributed by atoms with Crippen LogP contribution in [0.4, 0.5) is 0 Å². The Morgan fingerprint density at radius 2 is 1.29 bits per heavy atom. The Balaban J connectivity index is 0.000000155.